The van der Waals surface area contributed by atoms with E-state index >= 15 is 0 Å². The zero-order chi connectivity index (χ0) is 18.6. The first kappa shape index (κ1) is 24.0. The maximum absolute atomic E-state index is 5.66. The minimum atomic E-state index is 0. The Labute approximate surface area is 180 Å². The Kier molecular flexibility index (Phi) is 12.4. The maximum atomic E-state index is 5.66. The van der Waals surface area contributed by atoms with E-state index in [4.69, 9.17) is 14.2 Å². The molecule has 1 atom stereocenters. The first-order valence-electron chi connectivity index (χ1n) is 9.57. The van der Waals surface area contributed by atoms with Gasteiger partial charge in [0.15, 0.2) is 5.96 Å². The number of ether oxygens (including phenoxy) is 3. The van der Waals surface area contributed by atoms with Crippen LogP contribution in [0.25, 0.3) is 0 Å². The predicted molar refractivity (Wildman–Crippen MR) is 120 cm³/mol. The Bertz CT molecular complexity index is 532. The number of guanidine groups is 1. The van der Waals surface area contributed by atoms with Crippen LogP contribution in [-0.2, 0) is 16.0 Å². The third-order valence-corrected chi connectivity index (χ3v) is 4.06. The van der Waals surface area contributed by atoms with Crippen molar-refractivity contribution < 1.29 is 14.2 Å². The van der Waals surface area contributed by atoms with E-state index in [1.54, 1.807) is 7.05 Å². The largest absolute Gasteiger partial charge is 0.491 e. The van der Waals surface area contributed by atoms with E-state index in [0.717, 1.165) is 57.3 Å². The van der Waals surface area contributed by atoms with Gasteiger partial charge in [-0.25, -0.2) is 0 Å². The van der Waals surface area contributed by atoms with E-state index in [0.29, 0.717) is 12.7 Å². The van der Waals surface area contributed by atoms with Crippen LogP contribution in [0, 0.1) is 0 Å². The van der Waals surface area contributed by atoms with E-state index in [2.05, 4.69) is 27.8 Å². The monoisotopic (exact) mass is 491 g/mol. The van der Waals surface area contributed by atoms with E-state index < -0.39 is 0 Å². The summed E-state index contributed by atoms with van der Waals surface area (Å²) >= 11 is 0. The van der Waals surface area contributed by atoms with E-state index in [1.807, 2.05) is 26.0 Å². The first-order chi connectivity index (χ1) is 12.7. The van der Waals surface area contributed by atoms with Gasteiger partial charge in [0.2, 0.25) is 0 Å². The number of hydrogen-bond acceptors (Lipinski definition) is 4. The molecule has 0 aliphatic carbocycles. The third kappa shape index (κ3) is 10.2. The summed E-state index contributed by atoms with van der Waals surface area (Å²) in [4.78, 5) is 4.25. The van der Waals surface area contributed by atoms with Crippen LogP contribution in [-0.4, -0.2) is 51.6 Å². The van der Waals surface area contributed by atoms with Crippen LogP contribution in [0.4, 0.5) is 0 Å². The molecule has 0 amide bonds. The molecule has 154 valence electrons. The zero-order valence-corrected chi connectivity index (χ0v) is 19.0. The van der Waals surface area contributed by atoms with Crippen LogP contribution in [0.2, 0.25) is 0 Å². The molecule has 1 unspecified atom stereocenters. The summed E-state index contributed by atoms with van der Waals surface area (Å²) in [6.45, 7) is 7.93. The number of hydrogen-bond donors (Lipinski definition) is 2. The number of nitrogens with zero attached hydrogens (tertiary/aromatic N) is 1. The van der Waals surface area contributed by atoms with Crippen molar-refractivity contribution in [2.45, 2.75) is 51.9 Å². The molecule has 1 saturated heterocycles. The normalized spacial score (nSPS) is 16.9. The number of rotatable bonds is 10. The van der Waals surface area contributed by atoms with E-state index in [1.165, 1.54) is 5.56 Å². The van der Waals surface area contributed by atoms with Gasteiger partial charge in [0, 0.05) is 33.4 Å². The lowest BCUT2D eigenvalue weighted by atomic mass is 10.2. The van der Waals surface area contributed by atoms with E-state index in [-0.39, 0.29) is 30.1 Å². The molecule has 1 heterocycles. The van der Waals surface area contributed by atoms with Gasteiger partial charge < -0.3 is 24.8 Å². The topological polar surface area (TPSA) is 64.1 Å². The van der Waals surface area contributed by atoms with Gasteiger partial charge in [0.1, 0.15) is 5.75 Å². The molecule has 27 heavy (non-hydrogen) atoms. The zero-order valence-electron chi connectivity index (χ0n) is 16.7. The second-order valence-corrected chi connectivity index (χ2v) is 6.73. The highest BCUT2D eigenvalue weighted by Crippen LogP contribution is 2.13. The Morgan fingerprint density at radius 1 is 1.26 bits per heavy atom. The average molecular weight is 491 g/mol. The summed E-state index contributed by atoms with van der Waals surface area (Å²) in [7, 11) is 1.78. The van der Waals surface area contributed by atoms with Crippen molar-refractivity contribution in [3.05, 3.63) is 29.8 Å². The highest BCUT2D eigenvalue weighted by molar-refractivity contribution is 14.0. The molecule has 0 bridgehead atoms. The van der Waals surface area contributed by atoms with Gasteiger partial charge in [-0.15, -0.1) is 24.0 Å². The molecule has 0 radical (unpaired) electrons. The van der Waals surface area contributed by atoms with Gasteiger partial charge in [-0.3, -0.25) is 4.99 Å². The Hall–Kier alpha value is -1.06. The molecule has 2 N–H and O–H groups in total. The minimum absolute atomic E-state index is 0. The van der Waals surface area contributed by atoms with Crippen molar-refractivity contribution >= 4 is 29.9 Å². The molecule has 1 aromatic rings. The first-order valence-corrected chi connectivity index (χ1v) is 9.57. The summed E-state index contributed by atoms with van der Waals surface area (Å²) in [5, 5.41) is 6.63. The van der Waals surface area contributed by atoms with Crippen LogP contribution < -0.4 is 15.4 Å². The van der Waals surface area contributed by atoms with Gasteiger partial charge in [-0.1, -0.05) is 12.1 Å². The summed E-state index contributed by atoms with van der Waals surface area (Å²) in [5.41, 5.74) is 1.18. The van der Waals surface area contributed by atoms with Crippen LogP contribution in [0.1, 0.15) is 38.7 Å². The van der Waals surface area contributed by atoms with Gasteiger partial charge in [-0.2, -0.15) is 0 Å². The Morgan fingerprint density at radius 3 is 2.67 bits per heavy atom. The molecular weight excluding hydrogens is 457 g/mol. The predicted octanol–water partition coefficient (Wildman–Crippen LogP) is 3.34. The molecule has 0 spiro atoms. The molecule has 1 fully saturated rings. The molecule has 1 aliphatic heterocycles. The second-order valence-electron chi connectivity index (χ2n) is 6.73. The molecule has 1 aliphatic rings. The van der Waals surface area contributed by atoms with Crippen molar-refractivity contribution in [3.63, 3.8) is 0 Å². The highest BCUT2D eigenvalue weighted by Gasteiger charge is 2.14. The lowest BCUT2D eigenvalue weighted by molar-refractivity contribution is 0.0168. The van der Waals surface area contributed by atoms with Gasteiger partial charge >= 0.3 is 0 Å². The quantitative estimate of drug-likeness (QED) is 0.228. The fourth-order valence-corrected chi connectivity index (χ4v) is 2.74. The highest BCUT2D eigenvalue weighted by atomic mass is 127. The molecule has 2 rings (SSSR count). The second kappa shape index (κ2) is 14.0. The fraction of sp³-hybridized carbons (Fsp3) is 0.650. The molecular formula is C20H34IN3O3. The molecule has 6 nitrogen and oxygen atoms in total. The van der Waals surface area contributed by atoms with Crippen molar-refractivity contribution in [2.24, 2.45) is 4.99 Å². The van der Waals surface area contributed by atoms with E-state index in [9.17, 15) is 0 Å². The smallest absolute Gasteiger partial charge is 0.191 e. The van der Waals surface area contributed by atoms with Crippen LogP contribution in [0.15, 0.2) is 29.3 Å². The number of aliphatic imine (C=N–C) groups is 1. The van der Waals surface area contributed by atoms with Crippen molar-refractivity contribution in [3.8, 4) is 5.75 Å². The average Bonchev–Trinajstić information content (AvgIpc) is 3.14. The lowest BCUT2D eigenvalue weighted by Crippen LogP contribution is -2.37. The minimum Gasteiger partial charge on any atom is -0.491 e. The van der Waals surface area contributed by atoms with Gasteiger partial charge in [0.25, 0.3) is 0 Å². The standard InChI is InChI=1S/C20H33N3O3.HI/c1-16(2)26-18-9-7-17(8-10-18)14-23-20(21-3)22-11-5-12-24-15-19-6-4-13-25-19;/h7-10,16,19H,4-6,11-15H2,1-3H3,(H2,21,22,23);1H. The van der Waals surface area contributed by atoms with Crippen LogP contribution in [0.3, 0.4) is 0 Å². The summed E-state index contributed by atoms with van der Waals surface area (Å²) in [5.74, 6) is 1.70. The van der Waals surface area contributed by atoms with Crippen molar-refractivity contribution in [1.29, 1.82) is 0 Å². The lowest BCUT2D eigenvalue weighted by Gasteiger charge is -2.14. The van der Waals surface area contributed by atoms with Gasteiger partial charge in [0.05, 0.1) is 18.8 Å². The molecule has 0 aromatic heterocycles. The number of benzene rings is 1. The Morgan fingerprint density at radius 2 is 2.04 bits per heavy atom. The molecule has 0 saturated carbocycles. The Balaban J connectivity index is 0.00000364. The third-order valence-electron chi connectivity index (χ3n) is 4.06. The summed E-state index contributed by atoms with van der Waals surface area (Å²) < 4.78 is 16.9. The summed E-state index contributed by atoms with van der Waals surface area (Å²) in [6, 6.07) is 8.13. The fourth-order valence-electron chi connectivity index (χ4n) is 2.74. The van der Waals surface area contributed by atoms with Crippen LogP contribution in [0.5, 0.6) is 5.75 Å². The van der Waals surface area contributed by atoms with Crippen molar-refractivity contribution in [2.75, 3.05) is 33.4 Å². The molecule has 1 aromatic carbocycles. The number of halogens is 1. The van der Waals surface area contributed by atoms with Crippen LogP contribution >= 0.6 is 24.0 Å². The summed E-state index contributed by atoms with van der Waals surface area (Å²) in [6.07, 6.45) is 3.71. The number of nitrogens with one attached hydrogen (secondary N) is 2. The van der Waals surface area contributed by atoms with Gasteiger partial charge in [-0.05, 0) is 50.8 Å². The molecule has 7 heteroatoms. The maximum Gasteiger partial charge on any atom is 0.191 e. The van der Waals surface area contributed by atoms with Crippen molar-refractivity contribution in [1.82, 2.24) is 10.6 Å². The SMILES string of the molecule is CN=C(NCCCOCC1CCCO1)NCc1ccc(OC(C)C)cc1.I.